The van der Waals surface area contributed by atoms with Gasteiger partial charge >= 0.3 is 0 Å². The van der Waals surface area contributed by atoms with Crippen molar-refractivity contribution in [1.82, 2.24) is 10.2 Å². The van der Waals surface area contributed by atoms with Gasteiger partial charge in [-0.25, -0.2) is 0 Å². The Morgan fingerprint density at radius 3 is 2.90 bits per heavy atom. The lowest BCUT2D eigenvalue weighted by Gasteiger charge is -2.22. The summed E-state index contributed by atoms with van der Waals surface area (Å²) in [4.78, 5) is 0. The van der Waals surface area contributed by atoms with E-state index in [0.717, 1.165) is 29.9 Å². The van der Waals surface area contributed by atoms with E-state index in [9.17, 15) is 5.26 Å². The average molecular weight is 284 g/mol. The van der Waals surface area contributed by atoms with Crippen molar-refractivity contribution in [3.63, 3.8) is 0 Å². The van der Waals surface area contributed by atoms with E-state index in [4.69, 9.17) is 14.9 Å². The highest BCUT2D eigenvalue weighted by atomic mass is 16.5. The maximum atomic E-state index is 9.44. The molecule has 0 aliphatic carbocycles. The van der Waals surface area contributed by atoms with E-state index >= 15 is 0 Å². The maximum Gasteiger partial charge on any atom is 0.244 e. The van der Waals surface area contributed by atoms with Crippen LogP contribution in [0.4, 0.5) is 0 Å². The van der Waals surface area contributed by atoms with Gasteiger partial charge in [-0.15, -0.1) is 5.10 Å². The van der Waals surface area contributed by atoms with Crippen LogP contribution in [-0.2, 0) is 6.42 Å². The highest BCUT2D eigenvalue weighted by molar-refractivity contribution is 5.53. The van der Waals surface area contributed by atoms with E-state index in [1.807, 2.05) is 19.1 Å². The van der Waals surface area contributed by atoms with Crippen LogP contribution >= 0.6 is 0 Å². The lowest BCUT2D eigenvalue weighted by atomic mass is 9.87. The summed E-state index contributed by atoms with van der Waals surface area (Å²) < 4.78 is 11.2. The largest absolute Gasteiger partial charge is 0.465 e. The first-order valence-corrected chi connectivity index (χ1v) is 6.86. The molecule has 1 aliphatic heterocycles. The SMILES string of the molecule is CCCc1[nH]nc2c1[C@@H](c1ccc(C)o1)C(C#N)=C(N)O2. The third-order valence-corrected chi connectivity index (χ3v) is 3.56. The molecule has 1 atom stereocenters. The number of nitrogens with one attached hydrogen (secondary N) is 1. The van der Waals surface area contributed by atoms with Gasteiger partial charge in [0.05, 0.1) is 11.5 Å². The van der Waals surface area contributed by atoms with Crippen molar-refractivity contribution in [3.8, 4) is 11.9 Å². The fourth-order valence-corrected chi connectivity index (χ4v) is 2.64. The molecule has 6 nitrogen and oxygen atoms in total. The number of nitriles is 1. The number of ether oxygens (including phenoxy) is 1. The number of nitrogens with zero attached hydrogens (tertiary/aromatic N) is 2. The van der Waals surface area contributed by atoms with Gasteiger partial charge < -0.3 is 14.9 Å². The summed E-state index contributed by atoms with van der Waals surface area (Å²) in [5, 5.41) is 16.6. The lowest BCUT2D eigenvalue weighted by molar-refractivity contribution is 0.369. The molecule has 0 saturated carbocycles. The zero-order chi connectivity index (χ0) is 15.0. The minimum absolute atomic E-state index is 0.0820. The van der Waals surface area contributed by atoms with E-state index in [1.165, 1.54) is 0 Å². The van der Waals surface area contributed by atoms with E-state index in [0.29, 0.717) is 17.2 Å². The summed E-state index contributed by atoms with van der Waals surface area (Å²) in [6, 6.07) is 5.87. The molecule has 0 bridgehead atoms. The van der Waals surface area contributed by atoms with Gasteiger partial charge in [0.1, 0.15) is 23.2 Å². The molecule has 0 amide bonds. The smallest absolute Gasteiger partial charge is 0.244 e. The number of hydrogen-bond acceptors (Lipinski definition) is 5. The van der Waals surface area contributed by atoms with Crippen LogP contribution in [0, 0.1) is 18.3 Å². The van der Waals surface area contributed by atoms with Crippen LogP contribution in [-0.4, -0.2) is 10.2 Å². The van der Waals surface area contributed by atoms with Gasteiger partial charge in [-0.05, 0) is 25.5 Å². The molecular formula is C15H16N4O2. The third kappa shape index (κ3) is 2.07. The second kappa shape index (κ2) is 5.02. The van der Waals surface area contributed by atoms with Crippen LogP contribution in [0.2, 0.25) is 0 Å². The first-order chi connectivity index (χ1) is 10.2. The van der Waals surface area contributed by atoms with Gasteiger partial charge in [-0.1, -0.05) is 13.3 Å². The summed E-state index contributed by atoms with van der Waals surface area (Å²) in [6.45, 7) is 3.95. The lowest BCUT2D eigenvalue weighted by Crippen LogP contribution is -2.21. The Labute approximate surface area is 122 Å². The van der Waals surface area contributed by atoms with Crippen molar-refractivity contribution >= 4 is 0 Å². The molecule has 0 spiro atoms. The van der Waals surface area contributed by atoms with Crippen LogP contribution in [0.1, 0.15) is 42.0 Å². The van der Waals surface area contributed by atoms with Crippen molar-refractivity contribution in [2.45, 2.75) is 32.6 Å². The molecule has 0 radical (unpaired) electrons. The molecule has 0 unspecified atom stereocenters. The number of furan rings is 1. The summed E-state index contributed by atoms with van der Waals surface area (Å²) in [7, 11) is 0. The molecule has 2 aromatic rings. The fourth-order valence-electron chi connectivity index (χ4n) is 2.64. The molecule has 108 valence electrons. The summed E-state index contributed by atoms with van der Waals surface area (Å²) >= 11 is 0. The number of aryl methyl sites for hydroxylation is 2. The zero-order valence-corrected chi connectivity index (χ0v) is 11.9. The van der Waals surface area contributed by atoms with E-state index in [2.05, 4.69) is 23.2 Å². The summed E-state index contributed by atoms with van der Waals surface area (Å²) in [5.74, 6) is 1.60. The Morgan fingerprint density at radius 1 is 1.48 bits per heavy atom. The molecule has 0 fully saturated rings. The van der Waals surface area contributed by atoms with E-state index in [1.54, 1.807) is 0 Å². The number of aromatic amines is 1. The molecule has 3 heterocycles. The first kappa shape index (κ1) is 13.3. The molecule has 21 heavy (non-hydrogen) atoms. The van der Waals surface area contributed by atoms with Gasteiger partial charge in [-0.3, -0.25) is 5.10 Å². The first-order valence-electron chi connectivity index (χ1n) is 6.86. The fraction of sp³-hybridized carbons (Fsp3) is 0.333. The van der Waals surface area contributed by atoms with Gasteiger partial charge in [0, 0.05) is 5.69 Å². The number of aromatic nitrogens is 2. The highest BCUT2D eigenvalue weighted by Gasteiger charge is 2.36. The predicted molar refractivity (Wildman–Crippen MR) is 75.3 cm³/mol. The van der Waals surface area contributed by atoms with Crippen LogP contribution in [0.5, 0.6) is 5.88 Å². The number of allylic oxidation sites excluding steroid dienone is 1. The minimum Gasteiger partial charge on any atom is -0.465 e. The van der Waals surface area contributed by atoms with Gasteiger partial charge in [-0.2, -0.15) is 5.26 Å². The van der Waals surface area contributed by atoms with Crippen LogP contribution < -0.4 is 10.5 Å². The van der Waals surface area contributed by atoms with Crippen molar-refractivity contribution in [1.29, 1.82) is 5.26 Å². The number of hydrogen-bond donors (Lipinski definition) is 2. The zero-order valence-electron chi connectivity index (χ0n) is 11.9. The molecule has 1 aliphatic rings. The molecule has 3 N–H and O–H groups in total. The standard InChI is InChI=1S/C15H16N4O2/c1-3-4-10-13-12(11-6-5-8(2)20-11)9(7-16)14(17)21-15(13)19-18-10/h5-6,12H,3-4,17H2,1-2H3,(H,18,19)/t12-/m1/s1. The maximum absolute atomic E-state index is 9.44. The minimum atomic E-state index is -0.368. The summed E-state index contributed by atoms with van der Waals surface area (Å²) in [6.07, 6.45) is 1.78. The monoisotopic (exact) mass is 284 g/mol. The van der Waals surface area contributed by atoms with Gasteiger partial charge in [0.25, 0.3) is 0 Å². The molecular weight excluding hydrogens is 268 g/mol. The van der Waals surface area contributed by atoms with Crippen LogP contribution in [0.3, 0.4) is 0 Å². The summed E-state index contributed by atoms with van der Waals surface area (Å²) in [5.41, 5.74) is 8.01. The van der Waals surface area contributed by atoms with Crippen molar-refractivity contribution in [2.75, 3.05) is 0 Å². The van der Waals surface area contributed by atoms with Crippen LogP contribution in [0.15, 0.2) is 28.0 Å². The Hall–Kier alpha value is -2.68. The van der Waals surface area contributed by atoms with Gasteiger partial charge in [0.2, 0.25) is 11.8 Å². The van der Waals surface area contributed by atoms with Crippen molar-refractivity contribution in [3.05, 3.63) is 46.4 Å². The number of rotatable bonds is 3. The number of nitrogens with two attached hydrogens (primary N) is 1. The Morgan fingerprint density at radius 2 is 2.29 bits per heavy atom. The van der Waals surface area contributed by atoms with Gasteiger partial charge in [0.15, 0.2) is 0 Å². The molecule has 0 saturated heterocycles. The molecule has 2 aromatic heterocycles. The van der Waals surface area contributed by atoms with Crippen LogP contribution in [0.25, 0.3) is 0 Å². The quantitative estimate of drug-likeness (QED) is 0.901. The topological polar surface area (TPSA) is 101 Å². The second-order valence-electron chi connectivity index (χ2n) is 5.04. The molecule has 3 rings (SSSR count). The molecule has 0 aromatic carbocycles. The Kier molecular flexibility index (Phi) is 3.18. The third-order valence-electron chi connectivity index (χ3n) is 3.56. The number of fused-ring (bicyclic) bond motifs is 1. The Bertz CT molecular complexity index is 748. The number of H-pyrrole nitrogens is 1. The predicted octanol–water partition coefficient (Wildman–Crippen LogP) is 2.48. The average Bonchev–Trinajstić information content (AvgIpc) is 3.05. The van der Waals surface area contributed by atoms with Crippen molar-refractivity contribution in [2.24, 2.45) is 5.73 Å². The highest BCUT2D eigenvalue weighted by Crippen LogP contribution is 2.43. The van der Waals surface area contributed by atoms with E-state index in [-0.39, 0.29) is 11.8 Å². The normalized spacial score (nSPS) is 17.3. The second-order valence-corrected chi connectivity index (χ2v) is 5.04. The Balaban J connectivity index is 2.19. The van der Waals surface area contributed by atoms with Crippen molar-refractivity contribution < 1.29 is 9.15 Å². The molecule has 6 heteroatoms. The van der Waals surface area contributed by atoms with E-state index < -0.39 is 0 Å².